The molecule has 16 heteroatoms. The number of halogens is 6. The fraction of sp³-hybridized carbons (Fsp3) is 0.314. The van der Waals surface area contributed by atoms with Crippen LogP contribution in [-0.2, 0) is 18.3 Å². The van der Waals surface area contributed by atoms with Gasteiger partial charge in [-0.05, 0) is 75.4 Å². The zero-order valence-electron chi connectivity index (χ0n) is 27.2. The molecular formula is C35H33Cl2F4N7O2S. The van der Waals surface area contributed by atoms with Crippen LogP contribution >= 0.6 is 35.0 Å². The number of hydrogen-bond donors (Lipinski definition) is 3. The molecule has 0 unspecified atom stereocenters. The molecule has 1 saturated heterocycles. The molecule has 0 aliphatic carbocycles. The molecule has 2 aliphatic rings. The molecule has 2 aliphatic heterocycles. The number of thioether (sulfide) groups is 1. The molecule has 268 valence electrons. The van der Waals surface area contributed by atoms with Crippen LogP contribution in [0.15, 0.2) is 65.8 Å². The molecule has 0 saturated carbocycles. The predicted octanol–water partition coefficient (Wildman–Crippen LogP) is 8.28. The van der Waals surface area contributed by atoms with Gasteiger partial charge in [-0.25, -0.2) is 14.4 Å². The number of ether oxygens (including phenoxy) is 1. The number of pyridine rings is 1. The zero-order valence-corrected chi connectivity index (χ0v) is 29.6. The Morgan fingerprint density at radius 2 is 1.80 bits per heavy atom. The molecule has 0 bridgehead atoms. The van der Waals surface area contributed by atoms with Gasteiger partial charge in [-0.1, -0.05) is 35.3 Å². The zero-order chi connectivity index (χ0) is 36.3. The fourth-order valence-electron chi connectivity index (χ4n) is 5.83. The van der Waals surface area contributed by atoms with E-state index in [1.807, 2.05) is 17.1 Å². The van der Waals surface area contributed by atoms with Crippen LogP contribution in [0.3, 0.4) is 0 Å². The molecule has 1 fully saturated rings. The largest absolute Gasteiger partial charge is 0.482 e. The van der Waals surface area contributed by atoms with Crippen molar-refractivity contribution < 1.29 is 22.3 Å². The number of piperidine rings is 1. The van der Waals surface area contributed by atoms with Gasteiger partial charge in [0.15, 0.2) is 11.6 Å². The number of nitrogens with two attached hydrogens (primary N) is 1. The maximum Gasteiger partial charge on any atom is 0.416 e. The van der Waals surface area contributed by atoms with Gasteiger partial charge >= 0.3 is 6.18 Å². The van der Waals surface area contributed by atoms with Crippen molar-refractivity contribution in [2.24, 2.45) is 0 Å². The van der Waals surface area contributed by atoms with Crippen molar-refractivity contribution in [3.05, 3.63) is 110 Å². The molecule has 3 aromatic heterocycles. The molecule has 5 aromatic rings. The summed E-state index contributed by atoms with van der Waals surface area (Å²) in [6, 6.07) is 9.48. The standard InChI is InChI=1S/C21H22Cl2FN5O.C14H11F3N2OS/c1-12(19-16(22)2-3-17(24)20(19)23)30-18-8-13(9-27-21(18)25)14-10-28-29(11-14)15-4-6-26-7-5-15;15-14(16,17)9-3-1-8(2-4-9)12-18-11-5-6-21-7-10(11)13(20)19-12/h2-3,8-12,15,26H,4-7H2,1H3,(H2,25,27);1-4H,5-7H2,(H,18,19,20)/t12-;/m1./s1. The second kappa shape index (κ2) is 15.6. The summed E-state index contributed by atoms with van der Waals surface area (Å²) in [4.78, 5) is 23.3. The van der Waals surface area contributed by atoms with Crippen LogP contribution in [0.2, 0.25) is 10.0 Å². The number of H-pyrrole nitrogens is 1. The van der Waals surface area contributed by atoms with E-state index in [9.17, 15) is 22.4 Å². The molecule has 4 N–H and O–H groups in total. The Kier molecular flexibility index (Phi) is 11.2. The van der Waals surface area contributed by atoms with Crippen molar-refractivity contribution in [2.75, 3.05) is 24.6 Å². The van der Waals surface area contributed by atoms with E-state index < -0.39 is 23.7 Å². The van der Waals surface area contributed by atoms with Crippen molar-refractivity contribution >= 4 is 40.8 Å². The van der Waals surface area contributed by atoms with Crippen LogP contribution in [0, 0.1) is 5.82 Å². The minimum atomic E-state index is -4.37. The summed E-state index contributed by atoms with van der Waals surface area (Å²) in [5, 5.41) is 8.13. The first-order chi connectivity index (χ1) is 24.4. The summed E-state index contributed by atoms with van der Waals surface area (Å²) in [5.74, 6) is 1.88. The van der Waals surface area contributed by atoms with E-state index in [1.54, 1.807) is 30.9 Å². The van der Waals surface area contributed by atoms with E-state index in [0.29, 0.717) is 51.5 Å². The number of benzene rings is 2. The van der Waals surface area contributed by atoms with Crippen molar-refractivity contribution in [3.8, 4) is 28.3 Å². The molecule has 5 heterocycles. The lowest BCUT2D eigenvalue weighted by Gasteiger charge is -2.22. The van der Waals surface area contributed by atoms with Crippen LogP contribution in [0.4, 0.5) is 23.4 Å². The minimum Gasteiger partial charge on any atom is -0.482 e. The lowest BCUT2D eigenvalue weighted by atomic mass is 10.1. The highest BCUT2D eigenvalue weighted by molar-refractivity contribution is 7.98. The van der Waals surface area contributed by atoms with E-state index in [4.69, 9.17) is 33.7 Å². The number of hydrogen-bond acceptors (Lipinski definition) is 8. The topological polar surface area (TPSA) is 124 Å². The Morgan fingerprint density at radius 1 is 1.06 bits per heavy atom. The van der Waals surface area contributed by atoms with Gasteiger partial charge in [-0.3, -0.25) is 9.48 Å². The first-order valence-electron chi connectivity index (χ1n) is 16.1. The SMILES string of the molecule is C[C@@H](Oc1cc(-c2cnn(C3CCNCC3)c2)cnc1N)c1c(Cl)ccc(F)c1Cl.O=c1[nH]c(-c2ccc(C(F)(F)F)cc2)nc2c1CSCC2. The molecule has 0 amide bonds. The maximum atomic E-state index is 13.9. The van der Waals surface area contributed by atoms with Crippen LogP contribution in [0.25, 0.3) is 22.5 Å². The third-order valence-electron chi connectivity index (χ3n) is 8.61. The van der Waals surface area contributed by atoms with Gasteiger partial charge in [0.05, 0.1) is 28.5 Å². The number of aromatic nitrogens is 5. The smallest absolute Gasteiger partial charge is 0.416 e. The quantitative estimate of drug-likeness (QED) is 0.117. The summed E-state index contributed by atoms with van der Waals surface area (Å²) in [5.41, 5.74) is 9.08. The molecule has 7 rings (SSSR count). The Bertz CT molecular complexity index is 2070. The first kappa shape index (κ1) is 36.7. The highest BCUT2D eigenvalue weighted by Gasteiger charge is 2.30. The lowest BCUT2D eigenvalue weighted by molar-refractivity contribution is -0.137. The number of rotatable bonds is 6. The fourth-order valence-corrected chi connectivity index (χ4v) is 7.49. The van der Waals surface area contributed by atoms with Gasteiger partial charge in [0.2, 0.25) is 0 Å². The molecule has 9 nitrogen and oxygen atoms in total. The summed E-state index contributed by atoms with van der Waals surface area (Å²) in [7, 11) is 0. The van der Waals surface area contributed by atoms with Gasteiger partial charge in [0.25, 0.3) is 5.56 Å². The molecule has 0 spiro atoms. The van der Waals surface area contributed by atoms with E-state index in [-0.39, 0.29) is 16.4 Å². The third-order valence-corrected chi connectivity index (χ3v) is 10.3. The predicted molar refractivity (Wildman–Crippen MR) is 192 cm³/mol. The van der Waals surface area contributed by atoms with Crippen molar-refractivity contribution in [1.29, 1.82) is 0 Å². The summed E-state index contributed by atoms with van der Waals surface area (Å²) < 4.78 is 59.5. The monoisotopic (exact) mass is 761 g/mol. The maximum absolute atomic E-state index is 13.9. The lowest BCUT2D eigenvalue weighted by Crippen LogP contribution is -2.29. The van der Waals surface area contributed by atoms with Gasteiger partial charge in [0, 0.05) is 51.0 Å². The average Bonchev–Trinajstić information content (AvgIpc) is 3.62. The number of aromatic amines is 1. The number of anilines is 1. The summed E-state index contributed by atoms with van der Waals surface area (Å²) >= 11 is 14.0. The Balaban J connectivity index is 0.000000187. The molecular weight excluding hydrogens is 729 g/mol. The normalized spacial score (nSPS) is 15.4. The summed E-state index contributed by atoms with van der Waals surface area (Å²) in [6.07, 6.45) is 3.30. The van der Waals surface area contributed by atoms with Crippen LogP contribution in [-0.4, -0.2) is 43.6 Å². The second-order valence-corrected chi connectivity index (χ2v) is 13.9. The van der Waals surface area contributed by atoms with Crippen LogP contribution in [0.5, 0.6) is 5.75 Å². The third kappa shape index (κ3) is 8.52. The van der Waals surface area contributed by atoms with E-state index in [0.717, 1.165) is 60.6 Å². The number of fused-ring (bicyclic) bond motifs is 1. The highest BCUT2D eigenvalue weighted by atomic mass is 35.5. The average molecular weight is 763 g/mol. The Morgan fingerprint density at radius 3 is 2.53 bits per heavy atom. The van der Waals surface area contributed by atoms with E-state index in [1.165, 1.54) is 24.3 Å². The second-order valence-electron chi connectivity index (χ2n) is 12.0. The molecule has 0 radical (unpaired) electrons. The van der Waals surface area contributed by atoms with Crippen LogP contribution in [0.1, 0.15) is 54.3 Å². The molecule has 2 aromatic carbocycles. The van der Waals surface area contributed by atoms with E-state index in [2.05, 4.69) is 25.4 Å². The van der Waals surface area contributed by atoms with Crippen molar-refractivity contribution in [3.63, 3.8) is 0 Å². The number of nitrogens with one attached hydrogen (secondary N) is 2. The number of alkyl halides is 3. The van der Waals surface area contributed by atoms with Gasteiger partial charge < -0.3 is 20.8 Å². The molecule has 51 heavy (non-hydrogen) atoms. The Labute approximate surface area is 304 Å². The summed E-state index contributed by atoms with van der Waals surface area (Å²) in [6.45, 7) is 3.71. The van der Waals surface area contributed by atoms with Gasteiger partial charge in [0.1, 0.15) is 17.7 Å². The van der Waals surface area contributed by atoms with Crippen molar-refractivity contribution in [1.82, 2.24) is 30.0 Å². The van der Waals surface area contributed by atoms with Gasteiger partial charge in [-0.15, -0.1) is 0 Å². The Hall–Kier alpha value is -4.11. The first-order valence-corrected chi connectivity index (χ1v) is 18.0. The minimum absolute atomic E-state index is 0.0686. The number of aryl methyl sites for hydroxylation is 1. The number of nitrogen functional groups attached to an aromatic ring is 1. The van der Waals surface area contributed by atoms with Crippen LogP contribution < -0.4 is 21.3 Å². The van der Waals surface area contributed by atoms with Gasteiger partial charge in [-0.2, -0.15) is 30.0 Å². The number of nitrogens with zero attached hydrogens (tertiary/aromatic N) is 4. The van der Waals surface area contributed by atoms with E-state index >= 15 is 0 Å². The highest BCUT2D eigenvalue weighted by Crippen LogP contribution is 2.37. The van der Waals surface area contributed by atoms with Crippen molar-refractivity contribution in [2.45, 2.75) is 50.3 Å². The molecule has 1 atom stereocenters.